The van der Waals surface area contributed by atoms with Gasteiger partial charge >= 0.3 is 0 Å². The smallest absolute Gasteiger partial charge is 0.232 e. The molecular weight excluding hydrogens is 322 g/mol. The molecule has 0 spiro atoms. The van der Waals surface area contributed by atoms with Gasteiger partial charge < -0.3 is 9.73 Å². The van der Waals surface area contributed by atoms with Crippen molar-refractivity contribution in [3.63, 3.8) is 0 Å². The van der Waals surface area contributed by atoms with Gasteiger partial charge in [-0.3, -0.25) is 0 Å². The van der Waals surface area contributed by atoms with Crippen LogP contribution < -0.4 is 5.32 Å². The van der Waals surface area contributed by atoms with Crippen LogP contribution in [-0.2, 0) is 0 Å². The van der Waals surface area contributed by atoms with Crippen LogP contribution in [0, 0.1) is 5.92 Å². The minimum absolute atomic E-state index is 0.515. The monoisotopic (exact) mass is 343 g/mol. The molecule has 0 aliphatic carbocycles. The quantitative estimate of drug-likeness (QED) is 0.510. The highest BCUT2D eigenvalue weighted by Gasteiger charge is 2.21. The van der Waals surface area contributed by atoms with Crippen LogP contribution in [-0.4, -0.2) is 16.5 Å². The summed E-state index contributed by atoms with van der Waals surface area (Å²) < 4.78 is 6.20. The van der Waals surface area contributed by atoms with Crippen molar-refractivity contribution in [2.75, 3.05) is 11.9 Å². The molecule has 0 radical (unpaired) electrons. The summed E-state index contributed by atoms with van der Waals surface area (Å²) in [5.41, 5.74) is 3.74. The number of nitrogens with zero attached hydrogens (tertiary/aromatic N) is 2. The fourth-order valence-electron chi connectivity index (χ4n) is 3.04. The van der Waals surface area contributed by atoms with Gasteiger partial charge in [0.1, 0.15) is 17.9 Å². The van der Waals surface area contributed by atoms with E-state index in [0.717, 1.165) is 40.2 Å². The highest BCUT2D eigenvalue weighted by atomic mass is 16.3. The van der Waals surface area contributed by atoms with E-state index in [1.807, 2.05) is 36.4 Å². The van der Waals surface area contributed by atoms with Crippen molar-refractivity contribution < 1.29 is 4.42 Å². The van der Waals surface area contributed by atoms with Crippen molar-refractivity contribution in [1.29, 1.82) is 0 Å². The van der Waals surface area contributed by atoms with Crippen LogP contribution in [0.2, 0.25) is 0 Å². The van der Waals surface area contributed by atoms with Gasteiger partial charge in [0.25, 0.3) is 0 Å². The first-order chi connectivity index (χ1) is 12.7. The lowest BCUT2D eigenvalue weighted by atomic mass is 9.99. The average molecular weight is 343 g/mol. The molecule has 0 aliphatic heterocycles. The maximum atomic E-state index is 6.20. The van der Waals surface area contributed by atoms with E-state index in [9.17, 15) is 0 Å². The Morgan fingerprint density at radius 2 is 1.54 bits per heavy atom. The molecule has 0 aliphatic rings. The third kappa shape index (κ3) is 3.06. The Balaban J connectivity index is 1.99. The first-order valence-electron chi connectivity index (χ1n) is 8.86. The molecule has 2 heterocycles. The van der Waals surface area contributed by atoms with Crippen LogP contribution >= 0.6 is 0 Å². The zero-order valence-corrected chi connectivity index (χ0v) is 14.9. The number of aromatic nitrogens is 2. The highest BCUT2D eigenvalue weighted by molar-refractivity contribution is 6.05. The molecule has 0 saturated carbocycles. The Hall–Kier alpha value is -3.14. The van der Waals surface area contributed by atoms with Crippen LogP contribution in [0.3, 0.4) is 0 Å². The Labute approximate surface area is 152 Å². The second kappa shape index (κ2) is 7.00. The van der Waals surface area contributed by atoms with Gasteiger partial charge in [-0.05, 0) is 11.5 Å². The molecule has 4 heteroatoms. The van der Waals surface area contributed by atoms with Gasteiger partial charge in [-0.2, -0.15) is 0 Å². The van der Waals surface area contributed by atoms with Crippen LogP contribution in [0.4, 0.5) is 5.82 Å². The maximum Gasteiger partial charge on any atom is 0.232 e. The summed E-state index contributed by atoms with van der Waals surface area (Å²) in [4.78, 5) is 8.87. The van der Waals surface area contributed by atoms with E-state index >= 15 is 0 Å². The van der Waals surface area contributed by atoms with Crippen molar-refractivity contribution in [3.05, 3.63) is 67.0 Å². The lowest BCUT2D eigenvalue weighted by Gasteiger charge is -2.10. The van der Waals surface area contributed by atoms with E-state index in [-0.39, 0.29) is 0 Å². The van der Waals surface area contributed by atoms with Gasteiger partial charge in [0.05, 0.1) is 5.39 Å². The summed E-state index contributed by atoms with van der Waals surface area (Å²) in [6.07, 6.45) is 1.55. The minimum Gasteiger partial charge on any atom is -0.437 e. The number of hydrogen-bond donors (Lipinski definition) is 1. The number of nitrogens with one attached hydrogen (secondary N) is 1. The first kappa shape index (κ1) is 16.3. The summed E-state index contributed by atoms with van der Waals surface area (Å²) in [7, 11) is 0. The molecule has 1 N–H and O–H groups in total. The van der Waals surface area contributed by atoms with Gasteiger partial charge in [-0.25, -0.2) is 9.97 Å². The van der Waals surface area contributed by atoms with E-state index in [1.165, 1.54) is 0 Å². The second-order valence-electron chi connectivity index (χ2n) is 6.72. The Morgan fingerprint density at radius 1 is 0.885 bits per heavy atom. The third-order valence-corrected chi connectivity index (χ3v) is 4.26. The van der Waals surface area contributed by atoms with Gasteiger partial charge in [0.15, 0.2) is 0 Å². The summed E-state index contributed by atoms with van der Waals surface area (Å²) in [6.45, 7) is 5.19. The molecule has 4 nitrogen and oxygen atoms in total. The standard InChI is InChI=1S/C22H21N3O/c1-15(2)13-23-21-19-18(16-9-5-3-6-10-16)20(17-11-7-4-8-12-17)26-22(19)25-14-24-21/h3-12,14-15H,13H2,1-2H3,(H,23,24,25). The summed E-state index contributed by atoms with van der Waals surface area (Å²) in [5, 5.41) is 4.38. The Bertz CT molecular complexity index is 1010. The number of benzene rings is 2. The first-order valence-corrected chi connectivity index (χ1v) is 8.86. The van der Waals surface area contributed by atoms with Crippen molar-refractivity contribution >= 4 is 16.9 Å². The fourth-order valence-corrected chi connectivity index (χ4v) is 3.04. The molecule has 0 unspecified atom stereocenters. The fraction of sp³-hybridized carbons (Fsp3) is 0.182. The lowest BCUT2D eigenvalue weighted by molar-refractivity contribution is 0.618. The minimum atomic E-state index is 0.515. The summed E-state index contributed by atoms with van der Waals surface area (Å²) in [6, 6.07) is 20.4. The summed E-state index contributed by atoms with van der Waals surface area (Å²) >= 11 is 0. The molecule has 2 aromatic heterocycles. The predicted octanol–water partition coefficient (Wildman–Crippen LogP) is 5.62. The number of rotatable bonds is 5. The molecule has 4 aromatic rings. The van der Waals surface area contributed by atoms with Gasteiger partial charge in [-0.15, -0.1) is 0 Å². The molecule has 26 heavy (non-hydrogen) atoms. The Morgan fingerprint density at radius 3 is 2.19 bits per heavy atom. The van der Waals surface area contributed by atoms with E-state index < -0.39 is 0 Å². The molecule has 0 saturated heterocycles. The van der Waals surface area contributed by atoms with Crippen LogP contribution in [0.15, 0.2) is 71.4 Å². The van der Waals surface area contributed by atoms with E-state index in [1.54, 1.807) is 6.33 Å². The number of fused-ring (bicyclic) bond motifs is 1. The van der Waals surface area contributed by atoms with E-state index in [0.29, 0.717) is 11.6 Å². The largest absolute Gasteiger partial charge is 0.437 e. The normalized spacial score (nSPS) is 11.2. The van der Waals surface area contributed by atoms with Gasteiger partial charge in [0.2, 0.25) is 5.71 Å². The third-order valence-electron chi connectivity index (χ3n) is 4.26. The highest BCUT2D eigenvalue weighted by Crippen LogP contribution is 2.42. The molecule has 4 rings (SSSR count). The molecule has 0 fully saturated rings. The van der Waals surface area contributed by atoms with Gasteiger partial charge in [0, 0.05) is 17.7 Å². The molecule has 0 bridgehead atoms. The van der Waals surface area contributed by atoms with E-state index in [4.69, 9.17) is 4.42 Å². The van der Waals surface area contributed by atoms with Crippen LogP contribution in [0.1, 0.15) is 13.8 Å². The average Bonchev–Trinajstić information content (AvgIpc) is 3.08. The zero-order valence-electron chi connectivity index (χ0n) is 14.9. The molecule has 2 aromatic carbocycles. The molecular formula is C22H21N3O. The number of anilines is 1. The van der Waals surface area contributed by atoms with Crippen molar-refractivity contribution in [2.45, 2.75) is 13.8 Å². The molecule has 0 atom stereocenters. The second-order valence-corrected chi connectivity index (χ2v) is 6.72. The van der Waals surface area contributed by atoms with Crippen molar-refractivity contribution in [2.24, 2.45) is 5.92 Å². The van der Waals surface area contributed by atoms with Crippen molar-refractivity contribution in [3.8, 4) is 22.5 Å². The number of furan rings is 1. The van der Waals surface area contributed by atoms with Crippen molar-refractivity contribution in [1.82, 2.24) is 9.97 Å². The lowest BCUT2D eigenvalue weighted by Crippen LogP contribution is -2.09. The zero-order chi connectivity index (χ0) is 17.9. The predicted molar refractivity (Wildman–Crippen MR) is 106 cm³/mol. The van der Waals surface area contributed by atoms with E-state index in [2.05, 4.69) is 53.4 Å². The number of hydrogen-bond acceptors (Lipinski definition) is 4. The molecule has 0 amide bonds. The maximum absolute atomic E-state index is 6.20. The SMILES string of the molecule is CC(C)CNc1ncnc2oc(-c3ccccc3)c(-c3ccccc3)c12. The topological polar surface area (TPSA) is 51.0 Å². The summed E-state index contributed by atoms with van der Waals surface area (Å²) in [5.74, 6) is 2.15. The Kier molecular flexibility index (Phi) is 4.40. The molecule has 130 valence electrons. The van der Waals surface area contributed by atoms with Crippen LogP contribution in [0.5, 0.6) is 0 Å². The van der Waals surface area contributed by atoms with Gasteiger partial charge in [-0.1, -0.05) is 74.5 Å². The van der Waals surface area contributed by atoms with Crippen LogP contribution in [0.25, 0.3) is 33.6 Å².